The molecule has 1 amide bonds. The summed E-state index contributed by atoms with van der Waals surface area (Å²) >= 11 is 0. The Labute approximate surface area is 166 Å². The van der Waals surface area contributed by atoms with E-state index in [0.717, 1.165) is 12.8 Å². The summed E-state index contributed by atoms with van der Waals surface area (Å²) in [5.74, 6) is -0.684. The summed E-state index contributed by atoms with van der Waals surface area (Å²) < 4.78 is 32.4. The highest BCUT2D eigenvalue weighted by Gasteiger charge is 2.57. The normalized spacial score (nSPS) is 24.8. The van der Waals surface area contributed by atoms with E-state index in [0.29, 0.717) is 19.1 Å². The number of amides is 1. The van der Waals surface area contributed by atoms with Gasteiger partial charge in [-0.05, 0) is 46.5 Å². The number of ether oxygens (including phenoxy) is 1. The average Bonchev–Trinajstić information content (AvgIpc) is 3.45. The minimum Gasteiger partial charge on any atom is -0.465 e. The van der Waals surface area contributed by atoms with Crippen molar-refractivity contribution in [2.75, 3.05) is 39.3 Å². The molecular weight excluding hydrogens is 386 g/mol. The Bertz CT molecular complexity index is 712. The zero-order chi connectivity index (χ0) is 20.7. The number of hydrogen-bond donors (Lipinski definition) is 1. The third kappa shape index (κ3) is 4.13. The highest BCUT2D eigenvalue weighted by Crippen LogP contribution is 2.39. The van der Waals surface area contributed by atoms with E-state index in [1.54, 1.807) is 20.8 Å². The van der Waals surface area contributed by atoms with Crippen molar-refractivity contribution in [2.24, 2.45) is 0 Å². The number of esters is 1. The number of hydrogen-bond acceptors (Lipinski definition) is 6. The van der Waals surface area contributed by atoms with Crippen LogP contribution in [-0.4, -0.2) is 95.4 Å². The number of piperazine rings is 1. The predicted octanol–water partition coefficient (Wildman–Crippen LogP) is 0.951. The molecular formula is C18H31N3O6S. The summed E-state index contributed by atoms with van der Waals surface area (Å²) in [4.78, 5) is 27.7. The van der Waals surface area contributed by atoms with E-state index in [1.807, 2.05) is 0 Å². The summed E-state index contributed by atoms with van der Waals surface area (Å²) in [5.41, 5.74) is -0.783. The monoisotopic (exact) mass is 417 g/mol. The lowest BCUT2D eigenvalue weighted by atomic mass is 9.95. The van der Waals surface area contributed by atoms with E-state index in [1.165, 1.54) is 9.21 Å². The van der Waals surface area contributed by atoms with Gasteiger partial charge in [0.15, 0.2) is 4.75 Å². The molecule has 0 radical (unpaired) electrons. The molecule has 1 N–H and O–H groups in total. The fourth-order valence-electron chi connectivity index (χ4n) is 4.00. The zero-order valence-corrected chi connectivity index (χ0v) is 17.7. The Morgan fingerprint density at radius 3 is 1.96 bits per heavy atom. The van der Waals surface area contributed by atoms with Crippen molar-refractivity contribution in [2.45, 2.75) is 62.8 Å². The first-order valence-corrected chi connectivity index (χ1v) is 11.4. The minimum atomic E-state index is -3.98. The summed E-state index contributed by atoms with van der Waals surface area (Å²) in [6.45, 7) is 6.64. The molecule has 3 aliphatic rings. The quantitative estimate of drug-likeness (QED) is 0.679. The molecule has 0 aromatic heterocycles. The summed E-state index contributed by atoms with van der Waals surface area (Å²) in [5, 5.41) is 9.11. The molecule has 0 unspecified atom stereocenters. The molecule has 3 fully saturated rings. The van der Waals surface area contributed by atoms with Crippen LogP contribution in [0.3, 0.4) is 0 Å². The predicted molar refractivity (Wildman–Crippen MR) is 102 cm³/mol. The van der Waals surface area contributed by atoms with Crippen molar-refractivity contribution in [3.8, 4) is 0 Å². The van der Waals surface area contributed by atoms with E-state index in [9.17, 15) is 18.0 Å². The minimum absolute atomic E-state index is 0.0610. The van der Waals surface area contributed by atoms with Gasteiger partial charge >= 0.3 is 12.1 Å². The van der Waals surface area contributed by atoms with Gasteiger partial charge in [0, 0.05) is 45.3 Å². The number of nitrogens with zero attached hydrogens (tertiary/aromatic N) is 3. The number of carbonyl (C=O) groups is 2. The molecule has 2 heterocycles. The molecule has 10 heteroatoms. The largest absolute Gasteiger partial charge is 0.465 e. The standard InChI is InChI=1S/C18H31N3O6S/c1-17(2,3)27-15(22)18(6-8-19(9-7-18)14-4-5-14)28(25,26)21-12-10-20(11-13-21)16(23)24/h14H,4-13H2,1-3H3,(H,23,24). The number of rotatable bonds is 4. The third-order valence-electron chi connectivity index (χ3n) is 5.78. The first-order chi connectivity index (χ1) is 13.0. The van der Waals surface area contributed by atoms with E-state index in [2.05, 4.69) is 4.90 Å². The lowest BCUT2D eigenvalue weighted by Crippen LogP contribution is -2.62. The van der Waals surface area contributed by atoms with E-state index in [4.69, 9.17) is 9.84 Å². The molecule has 1 saturated carbocycles. The number of likely N-dealkylation sites (tertiary alicyclic amines) is 1. The second-order valence-corrected chi connectivity index (χ2v) is 11.2. The molecule has 0 aromatic carbocycles. The van der Waals surface area contributed by atoms with Crippen molar-refractivity contribution in [3.63, 3.8) is 0 Å². The van der Waals surface area contributed by atoms with Crippen LogP contribution in [0.5, 0.6) is 0 Å². The number of carboxylic acid groups (broad SMARTS) is 1. The molecule has 28 heavy (non-hydrogen) atoms. The molecule has 3 rings (SSSR count). The average molecular weight is 418 g/mol. The van der Waals surface area contributed by atoms with Gasteiger partial charge in [-0.1, -0.05) is 0 Å². The lowest BCUT2D eigenvalue weighted by molar-refractivity contribution is -0.159. The fourth-order valence-corrected chi connectivity index (χ4v) is 6.08. The van der Waals surface area contributed by atoms with Crippen molar-refractivity contribution < 1.29 is 27.9 Å². The van der Waals surface area contributed by atoms with Crippen molar-refractivity contribution in [3.05, 3.63) is 0 Å². The Morgan fingerprint density at radius 2 is 1.54 bits per heavy atom. The Kier molecular flexibility index (Phi) is 5.68. The van der Waals surface area contributed by atoms with Crippen molar-refractivity contribution >= 4 is 22.1 Å². The van der Waals surface area contributed by atoms with E-state index >= 15 is 0 Å². The maximum Gasteiger partial charge on any atom is 0.407 e. The smallest absolute Gasteiger partial charge is 0.407 e. The molecule has 0 spiro atoms. The Morgan fingerprint density at radius 1 is 1.00 bits per heavy atom. The van der Waals surface area contributed by atoms with Crippen LogP contribution in [0, 0.1) is 0 Å². The van der Waals surface area contributed by atoms with Crippen LogP contribution in [0.25, 0.3) is 0 Å². The highest BCUT2D eigenvalue weighted by atomic mass is 32.2. The van der Waals surface area contributed by atoms with Gasteiger partial charge in [-0.25, -0.2) is 13.2 Å². The van der Waals surface area contributed by atoms with Gasteiger partial charge < -0.3 is 19.6 Å². The van der Waals surface area contributed by atoms with Crippen LogP contribution in [-0.2, 0) is 19.6 Å². The summed E-state index contributed by atoms with van der Waals surface area (Å²) in [6.07, 6.45) is 1.61. The van der Waals surface area contributed by atoms with Crippen molar-refractivity contribution in [1.82, 2.24) is 14.1 Å². The van der Waals surface area contributed by atoms with Gasteiger partial charge in [0.25, 0.3) is 0 Å². The van der Waals surface area contributed by atoms with Gasteiger partial charge in [0.2, 0.25) is 10.0 Å². The van der Waals surface area contributed by atoms with Crippen LogP contribution in [0.1, 0.15) is 46.5 Å². The second kappa shape index (κ2) is 7.46. The molecule has 160 valence electrons. The fraction of sp³-hybridized carbons (Fsp3) is 0.889. The maximum atomic E-state index is 13.6. The van der Waals surface area contributed by atoms with Gasteiger partial charge in [0.05, 0.1) is 0 Å². The number of piperidine rings is 1. The third-order valence-corrected chi connectivity index (χ3v) is 8.39. The highest BCUT2D eigenvalue weighted by molar-refractivity contribution is 7.91. The van der Waals surface area contributed by atoms with Gasteiger partial charge in [-0.2, -0.15) is 4.31 Å². The van der Waals surface area contributed by atoms with Crippen LogP contribution in [0.2, 0.25) is 0 Å². The van der Waals surface area contributed by atoms with Crippen molar-refractivity contribution in [1.29, 1.82) is 0 Å². The maximum absolute atomic E-state index is 13.6. The van der Waals surface area contributed by atoms with Gasteiger partial charge in [-0.15, -0.1) is 0 Å². The molecule has 9 nitrogen and oxygen atoms in total. The SMILES string of the molecule is CC(C)(C)OC(=O)C1(S(=O)(=O)N2CCN(C(=O)O)CC2)CCN(C2CC2)CC1. The topological polar surface area (TPSA) is 107 Å². The van der Waals surface area contributed by atoms with Crippen LogP contribution in [0.15, 0.2) is 0 Å². The summed E-state index contributed by atoms with van der Waals surface area (Å²) in [6, 6.07) is 0.512. The van der Waals surface area contributed by atoms with Crippen LogP contribution >= 0.6 is 0 Å². The molecule has 1 aliphatic carbocycles. The van der Waals surface area contributed by atoms with E-state index in [-0.39, 0.29) is 39.0 Å². The first-order valence-electron chi connectivity index (χ1n) is 9.91. The molecule has 2 saturated heterocycles. The van der Waals surface area contributed by atoms with Gasteiger partial charge in [0.1, 0.15) is 5.60 Å². The molecule has 2 aliphatic heterocycles. The molecule has 0 aromatic rings. The second-order valence-electron chi connectivity index (χ2n) is 8.94. The molecule has 0 atom stereocenters. The number of sulfonamides is 1. The van der Waals surface area contributed by atoms with Crippen LogP contribution in [0.4, 0.5) is 4.79 Å². The molecule has 0 bridgehead atoms. The zero-order valence-electron chi connectivity index (χ0n) is 16.9. The summed E-state index contributed by atoms with van der Waals surface area (Å²) in [7, 11) is -3.98. The Balaban J connectivity index is 1.83. The Hall–Kier alpha value is -1.39. The number of carbonyl (C=O) groups excluding carboxylic acids is 1. The lowest BCUT2D eigenvalue weighted by Gasteiger charge is -2.44. The van der Waals surface area contributed by atoms with E-state index < -0.39 is 32.4 Å². The first kappa shape index (κ1) is 21.3. The van der Waals surface area contributed by atoms with Crippen LogP contribution < -0.4 is 0 Å². The van der Waals surface area contributed by atoms with Gasteiger partial charge in [-0.3, -0.25) is 4.79 Å².